The van der Waals surface area contributed by atoms with Gasteiger partial charge in [-0.05, 0) is 12.1 Å². The van der Waals surface area contributed by atoms with Crippen LogP contribution in [-0.2, 0) is 9.53 Å². The van der Waals surface area contributed by atoms with Crippen molar-refractivity contribution < 1.29 is 19.1 Å². The van der Waals surface area contributed by atoms with Gasteiger partial charge in [-0.3, -0.25) is 9.59 Å². The van der Waals surface area contributed by atoms with Gasteiger partial charge in [0.15, 0.2) is 5.69 Å². The van der Waals surface area contributed by atoms with Crippen LogP contribution in [0.3, 0.4) is 0 Å². The summed E-state index contributed by atoms with van der Waals surface area (Å²) in [6.07, 6.45) is 1.39. The normalized spacial score (nSPS) is 13.6. The number of carbonyl (C=O) groups is 3. The van der Waals surface area contributed by atoms with Crippen molar-refractivity contribution in [2.75, 3.05) is 32.5 Å². The Morgan fingerprint density at radius 3 is 2.74 bits per heavy atom. The van der Waals surface area contributed by atoms with Gasteiger partial charge in [0.2, 0.25) is 5.91 Å². The molecule has 1 aromatic carbocycles. The molecule has 1 aromatic heterocycles. The Bertz CT molecular complexity index is 973. The third-order valence-electron chi connectivity index (χ3n) is 4.26. The lowest BCUT2D eigenvalue weighted by Gasteiger charge is -2.27. The number of esters is 1. The molecule has 138 valence electrons. The van der Waals surface area contributed by atoms with Crippen LogP contribution in [0.5, 0.6) is 0 Å². The molecular formula is C18H17N5O4. The van der Waals surface area contributed by atoms with Gasteiger partial charge in [-0.2, -0.15) is 5.26 Å². The number of hydrogen-bond donors (Lipinski definition) is 2. The number of piperazine rings is 1. The number of ether oxygens (including phenoxy) is 1. The van der Waals surface area contributed by atoms with Crippen LogP contribution in [-0.4, -0.2) is 54.0 Å². The van der Waals surface area contributed by atoms with E-state index in [1.54, 1.807) is 24.3 Å². The Balaban J connectivity index is 2.12. The maximum atomic E-state index is 13.0. The molecule has 27 heavy (non-hydrogen) atoms. The van der Waals surface area contributed by atoms with Crippen molar-refractivity contribution in [2.45, 2.75) is 0 Å². The summed E-state index contributed by atoms with van der Waals surface area (Å²) in [5.74, 6) is -1.32. The summed E-state index contributed by atoms with van der Waals surface area (Å²) >= 11 is 0. The number of nitrogens with two attached hydrogens (primary N) is 1. The molecule has 0 spiro atoms. The number of benzene rings is 1. The average molecular weight is 367 g/mol. The summed E-state index contributed by atoms with van der Waals surface area (Å²) in [5, 5.41) is 11.9. The highest BCUT2D eigenvalue weighted by Crippen LogP contribution is 2.27. The summed E-state index contributed by atoms with van der Waals surface area (Å²) in [6.45, 7) is 0.698. The number of methoxy groups -OCH3 is 1. The lowest BCUT2D eigenvalue weighted by molar-refractivity contribution is -0.123. The lowest BCUT2D eigenvalue weighted by atomic mass is 10.1. The van der Waals surface area contributed by atoms with Crippen LogP contribution in [0, 0.1) is 11.3 Å². The van der Waals surface area contributed by atoms with Crippen LogP contribution >= 0.6 is 0 Å². The number of rotatable bonds is 3. The Morgan fingerprint density at radius 1 is 1.33 bits per heavy atom. The van der Waals surface area contributed by atoms with Gasteiger partial charge < -0.3 is 25.3 Å². The third-order valence-corrected chi connectivity index (χ3v) is 4.26. The van der Waals surface area contributed by atoms with E-state index < -0.39 is 5.97 Å². The van der Waals surface area contributed by atoms with Crippen LogP contribution in [0.1, 0.15) is 26.4 Å². The van der Waals surface area contributed by atoms with Crippen LogP contribution in [0.2, 0.25) is 0 Å². The molecule has 2 amide bonds. The monoisotopic (exact) mass is 367 g/mol. The number of anilines is 1. The fourth-order valence-electron chi connectivity index (χ4n) is 2.95. The maximum Gasteiger partial charge on any atom is 0.357 e. The Hall–Kier alpha value is -3.80. The quantitative estimate of drug-likeness (QED) is 0.750. The van der Waals surface area contributed by atoms with Crippen molar-refractivity contribution in [1.82, 2.24) is 14.8 Å². The third kappa shape index (κ3) is 3.20. The standard InChI is InChI=1S/C18H17N5O4/c1-27-18(26)16-15(20)11(8-19)9-23(16)13-5-3-2-4-12(13)17(25)22-7-6-21-14(24)10-22/h2-5,9H,6-7,10,20H2,1H3,(H,21,24). The van der Waals surface area contributed by atoms with E-state index in [9.17, 15) is 19.6 Å². The second-order valence-electron chi connectivity index (χ2n) is 5.87. The molecule has 3 N–H and O–H groups in total. The highest BCUT2D eigenvalue weighted by atomic mass is 16.5. The van der Waals surface area contributed by atoms with E-state index in [0.717, 1.165) is 0 Å². The smallest absolute Gasteiger partial charge is 0.357 e. The van der Waals surface area contributed by atoms with E-state index in [0.29, 0.717) is 18.8 Å². The molecule has 9 nitrogen and oxygen atoms in total. The second kappa shape index (κ2) is 7.21. The minimum atomic E-state index is -0.728. The van der Waals surface area contributed by atoms with Gasteiger partial charge in [0.05, 0.1) is 36.2 Å². The largest absolute Gasteiger partial charge is 0.464 e. The van der Waals surface area contributed by atoms with E-state index in [4.69, 9.17) is 10.5 Å². The molecule has 0 aliphatic carbocycles. The van der Waals surface area contributed by atoms with E-state index in [2.05, 4.69) is 5.32 Å². The first-order valence-electron chi connectivity index (χ1n) is 8.12. The molecule has 0 unspecified atom stereocenters. The van der Waals surface area contributed by atoms with Crippen molar-refractivity contribution in [3.05, 3.63) is 47.3 Å². The first-order valence-corrected chi connectivity index (χ1v) is 8.12. The predicted molar refractivity (Wildman–Crippen MR) is 95.1 cm³/mol. The van der Waals surface area contributed by atoms with E-state index in [-0.39, 0.29) is 40.9 Å². The van der Waals surface area contributed by atoms with Crippen LogP contribution < -0.4 is 11.1 Å². The number of nitrogens with one attached hydrogen (secondary N) is 1. The number of aromatic nitrogens is 1. The highest BCUT2D eigenvalue weighted by Gasteiger charge is 2.27. The zero-order valence-corrected chi connectivity index (χ0v) is 14.6. The molecule has 1 aliphatic rings. The fraction of sp³-hybridized carbons (Fsp3) is 0.222. The molecule has 1 saturated heterocycles. The van der Waals surface area contributed by atoms with Gasteiger partial charge >= 0.3 is 5.97 Å². The van der Waals surface area contributed by atoms with Crippen molar-refractivity contribution >= 4 is 23.5 Å². The summed E-state index contributed by atoms with van der Waals surface area (Å²) in [5.41, 5.74) is 6.59. The number of hydrogen-bond acceptors (Lipinski definition) is 6. The molecule has 0 radical (unpaired) electrons. The van der Waals surface area contributed by atoms with Gasteiger partial charge in [-0.25, -0.2) is 4.79 Å². The molecule has 1 aliphatic heterocycles. The molecular weight excluding hydrogens is 350 g/mol. The SMILES string of the molecule is COC(=O)c1c(N)c(C#N)cn1-c1ccccc1C(=O)N1CCNC(=O)C1. The number of nitrogen functional groups attached to an aromatic ring is 1. The van der Waals surface area contributed by atoms with Gasteiger partial charge in [0, 0.05) is 19.3 Å². The molecule has 1 fully saturated rings. The number of amides is 2. The van der Waals surface area contributed by atoms with Gasteiger partial charge in [-0.15, -0.1) is 0 Å². The molecule has 0 bridgehead atoms. The summed E-state index contributed by atoms with van der Waals surface area (Å²) in [6, 6.07) is 8.51. The van der Waals surface area contributed by atoms with E-state index in [1.807, 2.05) is 6.07 Å². The van der Waals surface area contributed by atoms with Gasteiger partial charge in [0.25, 0.3) is 5.91 Å². The minimum Gasteiger partial charge on any atom is -0.464 e. The second-order valence-corrected chi connectivity index (χ2v) is 5.87. The molecule has 0 saturated carbocycles. The van der Waals surface area contributed by atoms with E-state index >= 15 is 0 Å². The van der Waals surface area contributed by atoms with Gasteiger partial charge in [0.1, 0.15) is 6.07 Å². The number of nitrogens with zero attached hydrogens (tertiary/aromatic N) is 3. The summed E-state index contributed by atoms with van der Waals surface area (Å²) < 4.78 is 6.14. The Kier molecular flexibility index (Phi) is 4.81. The fourth-order valence-corrected chi connectivity index (χ4v) is 2.95. The van der Waals surface area contributed by atoms with Crippen LogP contribution in [0.15, 0.2) is 30.5 Å². The van der Waals surface area contributed by atoms with Crippen LogP contribution in [0.25, 0.3) is 5.69 Å². The molecule has 3 rings (SSSR count). The summed E-state index contributed by atoms with van der Waals surface area (Å²) in [7, 11) is 1.20. The topological polar surface area (TPSA) is 130 Å². The first-order chi connectivity index (χ1) is 13.0. The Labute approximate surface area is 154 Å². The zero-order chi connectivity index (χ0) is 19.6. The van der Waals surface area contributed by atoms with E-state index in [1.165, 1.54) is 22.8 Å². The Morgan fingerprint density at radius 2 is 2.07 bits per heavy atom. The number of nitriles is 1. The maximum absolute atomic E-state index is 13.0. The zero-order valence-electron chi connectivity index (χ0n) is 14.6. The summed E-state index contributed by atoms with van der Waals surface area (Å²) in [4.78, 5) is 38.2. The molecule has 9 heteroatoms. The van der Waals surface area contributed by atoms with Crippen molar-refractivity contribution in [3.63, 3.8) is 0 Å². The van der Waals surface area contributed by atoms with Crippen LogP contribution in [0.4, 0.5) is 5.69 Å². The average Bonchev–Trinajstić information content (AvgIpc) is 3.03. The predicted octanol–water partition coefficient (Wildman–Crippen LogP) is 0.290. The van der Waals surface area contributed by atoms with Crippen molar-refractivity contribution in [3.8, 4) is 11.8 Å². The number of carbonyl (C=O) groups excluding carboxylic acids is 3. The molecule has 2 heterocycles. The first kappa shape index (κ1) is 18.0. The van der Waals surface area contributed by atoms with Crippen molar-refractivity contribution in [1.29, 1.82) is 5.26 Å². The molecule has 2 aromatic rings. The lowest BCUT2D eigenvalue weighted by Crippen LogP contribution is -2.50. The van der Waals surface area contributed by atoms with Crippen molar-refractivity contribution in [2.24, 2.45) is 0 Å². The number of para-hydroxylation sites is 1. The highest BCUT2D eigenvalue weighted by molar-refractivity contribution is 6.01. The molecule has 0 atom stereocenters. The van der Waals surface area contributed by atoms with Gasteiger partial charge in [-0.1, -0.05) is 12.1 Å². The minimum absolute atomic E-state index is 0.0241.